The molecule has 0 bridgehead atoms. The maximum absolute atomic E-state index is 5.19. The molecule has 0 aromatic carbocycles. The summed E-state index contributed by atoms with van der Waals surface area (Å²) < 4.78 is 6.36. The molecule has 2 atom stereocenters. The Balaban J connectivity index is 2.30. The summed E-state index contributed by atoms with van der Waals surface area (Å²) in [7, 11) is 0. The highest BCUT2D eigenvalue weighted by Crippen LogP contribution is 2.36. The van der Waals surface area contributed by atoms with Crippen molar-refractivity contribution in [2.24, 2.45) is 0 Å². The maximum atomic E-state index is 5.19. The summed E-state index contributed by atoms with van der Waals surface area (Å²) in [5.74, 6) is 0. The Morgan fingerprint density at radius 2 is 2.50 bits per heavy atom. The van der Waals surface area contributed by atoms with Crippen molar-refractivity contribution in [2.45, 2.75) is 12.2 Å². The van der Waals surface area contributed by atoms with E-state index in [4.69, 9.17) is 4.74 Å². The molecule has 1 heterocycles. The van der Waals surface area contributed by atoms with Gasteiger partial charge in [-0.3, -0.25) is 0 Å². The lowest BCUT2D eigenvalue weighted by atomic mass is 10.2. The van der Waals surface area contributed by atoms with Crippen molar-refractivity contribution in [3.05, 3.63) is 22.7 Å². The molecule has 2 unspecified atom stereocenters. The third-order valence-corrected chi connectivity index (χ3v) is 2.07. The number of hydrogen-bond donors (Lipinski definition) is 0. The number of ether oxygens (including phenoxy) is 1. The molecule has 42 valence electrons. The van der Waals surface area contributed by atoms with Crippen LogP contribution in [-0.2, 0) is 4.74 Å². The smallest absolute Gasteiger partial charge is 0.120 e. The van der Waals surface area contributed by atoms with E-state index in [0.717, 1.165) is 0 Å². The average Bonchev–Trinajstić information content (AvgIpc) is 2.45. The fraction of sp³-hybridized carbons (Fsp3) is 0.333. The monoisotopic (exact) mass is 172 g/mol. The number of halogens is 1. The Hall–Kier alpha value is -0.0800. The van der Waals surface area contributed by atoms with Crippen LogP contribution in [0, 0.1) is 0 Å². The van der Waals surface area contributed by atoms with Crippen LogP contribution in [0.15, 0.2) is 22.7 Å². The molecule has 0 amide bonds. The molecule has 2 heteroatoms. The molecule has 2 aliphatic rings. The first kappa shape index (κ1) is 4.77. The van der Waals surface area contributed by atoms with E-state index in [9.17, 15) is 0 Å². The van der Waals surface area contributed by atoms with Gasteiger partial charge >= 0.3 is 0 Å². The predicted octanol–water partition coefficient (Wildman–Crippen LogP) is 1.60. The van der Waals surface area contributed by atoms with E-state index in [-0.39, 0.29) is 0 Å². The first-order valence-electron chi connectivity index (χ1n) is 2.57. The van der Waals surface area contributed by atoms with E-state index in [0.29, 0.717) is 12.2 Å². The van der Waals surface area contributed by atoms with Crippen LogP contribution in [0.1, 0.15) is 0 Å². The summed E-state index contributed by atoms with van der Waals surface area (Å²) in [4.78, 5) is 0. The van der Waals surface area contributed by atoms with Crippen LogP contribution in [0.4, 0.5) is 0 Å². The zero-order valence-electron chi connectivity index (χ0n) is 4.17. The highest BCUT2D eigenvalue weighted by molar-refractivity contribution is 9.11. The van der Waals surface area contributed by atoms with E-state index >= 15 is 0 Å². The molecule has 1 aliphatic carbocycles. The van der Waals surface area contributed by atoms with Crippen LogP contribution < -0.4 is 0 Å². The van der Waals surface area contributed by atoms with E-state index < -0.39 is 0 Å². The minimum absolute atomic E-state index is 0.361. The van der Waals surface area contributed by atoms with Gasteiger partial charge < -0.3 is 4.74 Å². The molecule has 0 aromatic rings. The van der Waals surface area contributed by atoms with Gasteiger partial charge in [-0.15, -0.1) is 0 Å². The average molecular weight is 173 g/mol. The fourth-order valence-corrected chi connectivity index (χ4v) is 1.37. The Bertz CT molecular complexity index is 171. The molecular weight excluding hydrogens is 168 g/mol. The van der Waals surface area contributed by atoms with E-state index in [1.54, 1.807) is 0 Å². The lowest BCUT2D eigenvalue weighted by Gasteiger charge is -1.91. The summed E-state index contributed by atoms with van der Waals surface area (Å²) >= 11 is 3.38. The highest BCUT2D eigenvalue weighted by Gasteiger charge is 2.39. The molecule has 0 aromatic heterocycles. The molecule has 1 fully saturated rings. The van der Waals surface area contributed by atoms with Crippen molar-refractivity contribution in [3.63, 3.8) is 0 Å². The molecule has 2 rings (SSSR count). The van der Waals surface area contributed by atoms with Gasteiger partial charge in [0.05, 0.1) is 0 Å². The topological polar surface area (TPSA) is 12.5 Å². The molecule has 0 spiro atoms. The minimum atomic E-state index is 0.361. The Labute approximate surface area is 56.2 Å². The second-order valence-electron chi connectivity index (χ2n) is 1.96. The van der Waals surface area contributed by atoms with Crippen LogP contribution in [0.2, 0.25) is 0 Å². The lowest BCUT2D eigenvalue weighted by molar-refractivity contribution is 0.413. The van der Waals surface area contributed by atoms with Gasteiger partial charge in [0.1, 0.15) is 12.2 Å². The van der Waals surface area contributed by atoms with Gasteiger partial charge in [-0.05, 0) is 6.08 Å². The number of fused-ring (bicyclic) bond motifs is 1. The Morgan fingerprint density at radius 1 is 1.62 bits per heavy atom. The zero-order chi connectivity index (χ0) is 5.56. The van der Waals surface area contributed by atoms with Crippen LogP contribution in [-0.4, -0.2) is 12.2 Å². The normalized spacial score (nSPS) is 40.9. The van der Waals surface area contributed by atoms with Crippen LogP contribution in [0.5, 0.6) is 0 Å². The van der Waals surface area contributed by atoms with Crippen molar-refractivity contribution in [1.82, 2.24) is 0 Å². The van der Waals surface area contributed by atoms with Gasteiger partial charge in [0.2, 0.25) is 0 Å². The summed E-state index contributed by atoms with van der Waals surface area (Å²) in [5, 5.41) is 0. The number of hydrogen-bond acceptors (Lipinski definition) is 1. The fourth-order valence-electron chi connectivity index (χ4n) is 0.844. The van der Waals surface area contributed by atoms with Gasteiger partial charge in [0.25, 0.3) is 0 Å². The lowest BCUT2D eigenvalue weighted by Crippen LogP contribution is -1.92. The Kier molecular flexibility index (Phi) is 0.866. The summed E-state index contributed by atoms with van der Waals surface area (Å²) in [6.07, 6.45) is 6.84. The standard InChI is InChI=1S/C6H5BrO/c7-4-2-1-3-5-6(4)8-5/h1-3,5-6H. The molecule has 1 saturated heterocycles. The van der Waals surface area contributed by atoms with Crippen LogP contribution in [0.25, 0.3) is 0 Å². The molecule has 1 aliphatic heterocycles. The Morgan fingerprint density at radius 3 is 3.12 bits per heavy atom. The number of epoxide rings is 1. The molecule has 0 saturated carbocycles. The first-order valence-corrected chi connectivity index (χ1v) is 3.36. The predicted molar refractivity (Wildman–Crippen MR) is 34.8 cm³/mol. The minimum Gasteiger partial charge on any atom is -0.359 e. The van der Waals surface area contributed by atoms with Gasteiger partial charge in [0, 0.05) is 4.48 Å². The third-order valence-electron chi connectivity index (χ3n) is 1.35. The zero-order valence-corrected chi connectivity index (χ0v) is 5.76. The van der Waals surface area contributed by atoms with Crippen molar-refractivity contribution >= 4 is 15.9 Å². The van der Waals surface area contributed by atoms with Gasteiger partial charge in [-0.25, -0.2) is 0 Å². The quantitative estimate of drug-likeness (QED) is 0.507. The van der Waals surface area contributed by atoms with Crippen molar-refractivity contribution in [2.75, 3.05) is 0 Å². The van der Waals surface area contributed by atoms with Gasteiger partial charge in [-0.1, -0.05) is 28.1 Å². The summed E-state index contributed by atoms with van der Waals surface area (Å²) in [5.41, 5.74) is 0. The molecule has 8 heavy (non-hydrogen) atoms. The highest BCUT2D eigenvalue weighted by atomic mass is 79.9. The maximum Gasteiger partial charge on any atom is 0.120 e. The molecule has 1 nitrogen and oxygen atoms in total. The van der Waals surface area contributed by atoms with Crippen molar-refractivity contribution in [3.8, 4) is 0 Å². The van der Waals surface area contributed by atoms with E-state index in [1.807, 2.05) is 12.2 Å². The summed E-state index contributed by atoms with van der Waals surface area (Å²) in [6.45, 7) is 0. The van der Waals surface area contributed by atoms with Crippen LogP contribution in [0.3, 0.4) is 0 Å². The molecule has 0 N–H and O–H groups in total. The van der Waals surface area contributed by atoms with Crippen molar-refractivity contribution < 1.29 is 4.74 Å². The summed E-state index contributed by atoms with van der Waals surface area (Å²) in [6, 6.07) is 0. The number of allylic oxidation sites excluding steroid dienone is 2. The van der Waals surface area contributed by atoms with Crippen LogP contribution >= 0.6 is 15.9 Å². The third kappa shape index (κ3) is 0.565. The van der Waals surface area contributed by atoms with Gasteiger partial charge in [0.15, 0.2) is 0 Å². The largest absolute Gasteiger partial charge is 0.359 e. The second-order valence-corrected chi connectivity index (χ2v) is 2.87. The first-order chi connectivity index (χ1) is 3.88. The second kappa shape index (κ2) is 1.45. The number of rotatable bonds is 0. The molecule has 0 radical (unpaired) electrons. The van der Waals surface area contributed by atoms with E-state index in [1.165, 1.54) is 4.48 Å². The SMILES string of the molecule is BrC1=CC=CC2OC12. The van der Waals surface area contributed by atoms with E-state index in [2.05, 4.69) is 22.0 Å². The van der Waals surface area contributed by atoms with Gasteiger partial charge in [-0.2, -0.15) is 0 Å². The van der Waals surface area contributed by atoms with Crippen molar-refractivity contribution in [1.29, 1.82) is 0 Å². The molecular formula is C6H5BrO.